The van der Waals surface area contributed by atoms with Crippen molar-refractivity contribution in [3.63, 3.8) is 0 Å². The highest BCUT2D eigenvalue weighted by Crippen LogP contribution is 2.61. The quantitative estimate of drug-likeness (QED) is 0.368. The second kappa shape index (κ2) is 6.10. The second-order valence-electron chi connectivity index (χ2n) is 8.34. The summed E-state index contributed by atoms with van der Waals surface area (Å²) in [6.45, 7) is 13.9. The molecule has 0 saturated heterocycles. The van der Waals surface area contributed by atoms with Crippen molar-refractivity contribution in [3.8, 4) is 0 Å². The van der Waals surface area contributed by atoms with E-state index in [-0.39, 0.29) is 0 Å². The van der Waals surface area contributed by atoms with Crippen molar-refractivity contribution < 1.29 is 4.79 Å². The van der Waals surface area contributed by atoms with E-state index in [9.17, 15) is 4.79 Å². The largest absolute Gasteiger partial charge is 0.299 e. The first-order valence-electron chi connectivity index (χ1n) is 8.60. The molecule has 118 valence electrons. The predicted octanol–water partition coefficient (Wildman–Crippen LogP) is 5.71. The smallest absolute Gasteiger partial charge is 0.142 e. The molecule has 0 heterocycles. The average Bonchev–Trinajstić information content (AvgIpc) is 2.37. The predicted molar refractivity (Wildman–Crippen MR) is 90.1 cm³/mol. The molecule has 2 aliphatic rings. The molecule has 0 N–H and O–H groups in total. The van der Waals surface area contributed by atoms with Crippen LogP contribution in [0.4, 0.5) is 0 Å². The van der Waals surface area contributed by atoms with Crippen LogP contribution in [0.5, 0.6) is 0 Å². The summed E-state index contributed by atoms with van der Waals surface area (Å²) in [7, 11) is 0. The van der Waals surface area contributed by atoms with Gasteiger partial charge in [-0.2, -0.15) is 0 Å². The molecule has 2 rings (SSSR count). The van der Waals surface area contributed by atoms with Crippen LogP contribution in [-0.4, -0.2) is 6.29 Å². The molecular formula is C20H32O. The van der Waals surface area contributed by atoms with Gasteiger partial charge in [-0.1, -0.05) is 44.9 Å². The molecule has 1 heteroatoms. The van der Waals surface area contributed by atoms with Crippen LogP contribution in [0, 0.1) is 22.7 Å². The number of aldehydes is 1. The van der Waals surface area contributed by atoms with Crippen molar-refractivity contribution in [2.45, 2.75) is 72.6 Å². The van der Waals surface area contributed by atoms with Crippen LogP contribution in [0.1, 0.15) is 72.6 Å². The minimum Gasteiger partial charge on any atom is -0.299 e. The third-order valence-corrected chi connectivity index (χ3v) is 6.50. The van der Waals surface area contributed by atoms with Gasteiger partial charge in [0.25, 0.3) is 0 Å². The van der Waals surface area contributed by atoms with E-state index < -0.39 is 0 Å². The molecule has 3 unspecified atom stereocenters. The number of carbonyl (C=O) groups excluding carboxylic acids is 1. The van der Waals surface area contributed by atoms with E-state index in [1.165, 1.54) is 43.3 Å². The van der Waals surface area contributed by atoms with E-state index in [0.29, 0.717) is 16.7 Å². The number of rotatable bonds is 4. The van der Waals surface area contributed by atoms with Gasteiger partial charge in [-0.3, -0.25) is 4.79 Å². The van der Waals surface area contributed by atoms with Crippen molar-refractivity contribution >= 4 is 6.29 Å². The highest BCUT2D eigenvalue weighted by atomic mass is 16.1. The standard InChI is InChI=1S/C20H32O/c1-15(11-14-21)7-9-17-16(2)8-10-18-19(3,4)12-6-13-20(17,18)5/h11,14,17-18H,2,6-10,12-13H2,1,3-5H3. The summed E-state index contributed by atoms with van der Waals surface area (Å²) in [5.41, 5.74) is 3.56. The zero-order valence-corrected chi connectivity index (χ0v) is 14.4. The molecule has 21 heavy (non-hydrogen) atoms. The number of hydrogen-bond donors (Lipinski definition) is 0. The van der Waals surface area contributed by atoms with Crippen LogP contribution in [-0.2, 0) is 4.79 Å². The molecule has 0 aromatic heterocycles. The van der Waals surface area contributed by atoms with Gasteiger partial charge >= 0.3 is 0 Å². The molecule has 2 aliphatic carbocycles. The van der Waals surface area contributed by atoms with Gasteiger partial charge in [-0.25, -0.2) is 0 Å². The number of fused-ring (bicyclic) bond motifs is 1. The van der Waals surface area contributed by atoms with Gasteiger partial charge in [0.15, 0.2) is 0 Å². The van der Waals surface area contributed by atoms with Gasteiger partial charge in [0.1, 0.15) is 6.29 Å². The topological polar surface area (TPSA) is 17.1 Å². The van der Waals surface area contributed by atoms with E-state index in [1.54, 1.807) is 6.08 Å². The van der Waals surface area contributed by atoms with E-state index in [1.807, 2.05) is 0 Å². The fourth-order valence-electron chi connectivity index (χ4n) is 5.38. The SMILES string of the molecule is C=C1CCC2C(C)(C)CCCC2(C)C1CCC(C)=CC=O. The van der Waals surface area contributed by atoms with E-state index in [4.69, 9.17) is 0 Å². The highest BCUT2D eigenvalue weighted by molar-refractivity contribution is 5.65. The Bertz CT molecular complexity index is 443. The maximum Gasteiger partial charge on any atom is 0.142 e. The lowest BCUT2D eigenvalue weighted by Crippen LogP contribution is -2.49. The van der Waals surface area contributed by atoms with Crippen LogP contribution in [0.2, 0.25) is 0 Å². The van der Waals surface area contributed by atoms with E-state index in [0.717, 1.165) is 25.0 Å². The molecular weight excluding hydrogens is 256 g/mol. The molecule has 0 bridgehead atoms. The van der Waals surface area contributed by atoms with Gasteiger partial charge in [0.2, 0.25) is 0 Å². The van der Waals surface area contributed by atoms with Gasteiger partial charge in [0, 0.05) is 0 Å². The normalized spacial score (nSPS) is 36.2. The van der Waals surface area contributed by atoms with Crippen LogP contribution in [0.3, 0.4) is 0 Å². The number of hydrogen-bond acceptors (Lipinski definition) is 1. The van der Waals surface area contributed by atoms with Crippen LogP contribution in [0.15, 0.2) is 23.8 Å². The molecule has 0 aliphatic heterocycles. The van der Waals surface area contributed by atoms with Crippen LogP contribution < -0.4 is 0 Å². The summed E-state index contributed by atoms with van der Waals surface area (Å²) < 4.78 is 0. The fourth-order valence-corrected chi connectivity index (χ4v) is 5.38. The first kappa shape index (κ1) is 16.5. The Morgan fingerprint density at radius 1 is 1.33 bits per heavy atom. The summed E-state index contributed by atoms with van der Waals surface area (Å²) in [4.78, 5) is 10.6. The Labute approximate surface area is 130 Å². The van der Waals surface area contributed by atoms with E-state index >= 15 is 0 Å². The summed E-state index contributed by atoms with van der Waals surface area (Å²) in [5.74, 6) is 1.45. The summed E-state index contributed by atoms with van der Waals surface area (Å²) in [6.07, 6.45) is 11.4. The molecule has 2 saturated carbocycles. The first-order valence-corrected chi connectivity index (χ1v) is 8.60. The molecule has 3 atom stereocenters. The Morgan fingerprint density at radius 3 is 2.71 bits per heavy atom. The molecule has 1 nitrogen and oxygen atoms in total. The minimum atomic E-state index is 0.415. The van der Waals surface area contributed by atoms with Crippen LogP contribution >= 0.6 is 0 Å². The van der Waals surface area contributed by atoms with Gasteiger partial charge in [-0.15, -0.1) is 0 Å². The third-order valence-electron chi connectivity index (χ3n) is 6.50. The zero-order valence-electron chi connectivity index (χ0n) is 14.4. The number of allylic oxidation sites excluding steroid dienone is 3. The maximum atomic E-state index is 10.6. The molecule has 2 fully saturated rings. The highest BCUT2D eigenvalue weighted by Gasteiger charge is 2.52. The average molecular weight is 288 g/mol. The van der Waals surface area contributed by atoms with Crippen molar-refractivity contribution in [2.75, 3.05) is 0 Å². The molecule has 0 aromatic rings. The van der Waals surface area contributed by atoms with Crippen molar-refractivity contribution in [1.29, 1.82) is 0 Å². The molecule has 0 radical (unpaired) electrons. The third kappa shape index (κ3) is 3.17. The fraction of sp³-hybridized carbons (Fsp3) is 0.750. The Balaban J connectivity index is 2.19. The van der Waals surface area contributed by atoms with Gasteiger partial charge in [-0.05, 0) is 74.2 Å². The minimum absolute atomic E-state index is 0.415. The first-order chi connectivity index (χ1) is 9.81. The van der Waals surface area contributed by atoms with E-state index in [2.05, 4.69) is 34.3 Å². The Morgan fingerprint density at radius 2 is 2.05 bits per heavy atom. The lowest BCUT2D eigenvalue weighted by Gasteiger charge is -2.58. The lowest BCUT2D eigenvalue weighted by molar-refractivity contribution is -0.104. The summed E-state index contributed by atoms with van der Waals surface area (Å²) in [6, 6.07) is 0. The molecule has 0 spiro atoms. The van der Waals surface area contributed by atoms with Crippen molar-refractivity contribution in [2.24, 2.45) is 22.7 Å². The van der Waals surface area contributed by atoms with Gasteiger partial charge in [0.05, 0.1) is 0 Å². The number of carbonyl (C=O) groups is 1. The summed E-state index contributed by atoms with van der Waals surface area (Å²) in [5, 5.41) is 0. The van der Waals surface area contributed by atoms with Crippen LogP contribution in [0.25, 0.3) is 0 Å². The summed E-state index contributed by atoms with van der Waals surface area (Å²) >= 11 is 0. The zero-order chi connectivity index (χ0) is 15.7. The monoisotopic (exact) mass is 288 g/mol. The van der Waals surface area contributed by atoms with Crippen molar-refractivity contribution in [1.82, 2.24) is 0 Å². The van der Waals surface area contributed by atoms with Crippen molar-refractivity contribution in [3.05, 3.63) is 23.8 Å². The molecule has 0 amide bonds. The molecule has 0 aromatic carbocycles. The van der Waals surface area contributed by atoms with Gasteiger partial charge < -0.3 is 0 Å². The Hall–Kier alpha value is -0.850. The maximum absolute atomic E-state index is 10.6. The second-order valence-corrected chi connectivity index (χ2v) is 8.34. The Kier molecular flexibility index (Phi) is 4.80. The lowest BCUT2D eigenvalue weighted by atomic mass is 9.47.